The highest BCUT2D eigenvalue weighted by atomic mass is 32.1. The Hall–Kier alpha value is -2.40. The third kappa shape index (κ3) is 5.45. The lowest BCUT2D eigenvalue weighted by Gasteiger charge is -2.16. The highest BCUT2D eigenvalue weighted by Crippen LogP contribution is 2.25. The van der Waals surface area contributed by atoms with E-state index in [0.29, 0.717) is 23.7 Å². The van der Waals surface area contributed by atoms with Gasteiger partial charge in [0.2, 0.25) is 5.91 Å². The van der Waals surface area contributed by atoms with Crippen molar-refractivity contribution in [1.82, 2.24) is 19.2 Å². The molecule has 1 aromatic carbocycles. The maximum Gasteiger partial charge on any atom is 0.238 e. The highest BCUT2D eigenvalue weighted by molar-refractivity contribution is 7.71. The molecule has 164 valence electrons. The fraction of sp³-hybridized carbons (Fsp3) is 0.381. The van der Waals surface area contributed by atoms with Gasteiger partial charge in [0.15, 0.2) is 10.6 Å². The summed E-state index contributed by atoms with van der Waals surface area (Å²) in [5, 5.41) is 9.46. The Labute approximate surface area is 189 Å². The Kier molecular flexibility index (Phi) is 6.91. The van der Waals surface area contributed by atoms with E-state index in [1.54, 1.807) is 28.2 Å². The average Bonchev–Trinajstić information content (AvgIpc) is 3.47. The van der Waals surface area contributed by atoms with Gasteiger partial charge >= 0.3 is 0 Å². The lowest BCUT2D eigenvalue weighted by molar-refractivity contribution is -0.117. The molecule has 0 saturated carbocycles. The van der Waals surface area contributed by atoms with Crippen molar-refractivity contribution in [3.05, 3.63) is 52.4 Å². The Morgan fingerprint density at radius 3 is 3.00 bits per heavy atom. The van der Waals surface area contributed by atoms with Crippen LogP contribution in [0.15, 0.2) is 41.8 Å². The van der Waals surface area contributed by atoms with Crippen molar-refractivity contribution in [1.29, 1.82) is 0 Å². The molecule has 7 nitrogen and oxygen atoms in total. The van der Waals surface area contributed by atoms with E-state index < -0.39 is 5.82 Å². The van der Waals surface area contributed by atoms with Gasteiger partial charge in [-0.1, -0.05) is 12.1 Å². The van der Waals surface area contributed by atoms with E-state index in [-0.39, 0.29) is 18.6 Å². The summed E-state index contributed by atoms with van der Waals surface area (Å²) in [6.07, 6.45) is 2.21. The number of rotatable bonds is 8. The molecular weight excluding hydrogens is 437 g/mol. The first kappa shape index (κ1) is 21.8. The molecule has 1 aliphatic rings. The minimum atomic E-state index is -0.393. The van der Waals surface area contributed by atoms with Crippen molar-refractivity contribution in [3.63, 3.8) is 0 Å². The van der Waals surface area contributed by atoms with Crippen LogP contribution in [0.5, 0.6) is 0 Å². The van der Waals surface area contributed by atoms with E-state index in [1.165, 1.54) is 12.1 Å². The first-order chi connectivity index (χ1) is 15.0. The smallest absolute Gasteiger partial charge is 0.238 e. The molecule has 2 aromatic heterocycles. The molecule has 4 rings (SSSR count). The Morgan fingerprint density at radius 1 is 1.42 bits per heavy atom. The van der Waals surface area contributed by atoms with E-state index in [9.17, 15) is 9.18 Å². The van der Waals surface area contributed by atoms with Gasteiger partial charge in [-0.2, -0.15) is 0 Å². The second kappa shape index (κ2) is 9.82. The van der Waals surface area contributed by atoms with Crippen LogP contribution in [0.25, 0.3) is 10.7 Å². The third-order valence-corrected chi connectivity index (χ3v) is 6.27. The molecule has 1 amide bonds. The lowest BCUT2D eigenvalue weighted by Crippen LogP contribution is -2.32. The van der Waals surface area contributed by atoms with Crippen molar-refractivity contribution in [2.45, 2.75) is 32.2 Å². The van der Waals surface area contributed by atoms with Crippen molar-refractivity contribution in [3.8, 4) is 10.7 Å². The van der Waals surface area contributed by atoms with Crippen LogP contribution in [0, 0.1) is 10.6 Å². The molecule has 3 aromatic rings. The van der Waals surface area contributed by atoms with Gasteiger partial charge in [-0.25, -0.2) is 9.07 Å². The number of nitrogens with one attached hydrogen (secondary N) is 1. The van der Waals surface area contributed by atoms with Crippen LogP contribution in [0.3, 0.4) is 0 Å². The summed E-state index contributed by atoms with van der Waals surface area (Å²) < 4.78 is 23.5. The second-order valence-electron chi connectivity index (χ2n) is 7.54. The van der Waals surface area contributed by atoms with Crippen LogP contribution in [0.4, 0.5) is 10.1 Å². The predicted molar refractivity (Wildman–Crippen MR) is 121 cm³/mol. The standard InChI is InChI=1S/C21H24FN5O2S2/c1-25(13-19(28)23-16-6-2-5-15(22)11-16)14-27-21(30)26(12-17-7-3-9-29-17)20(24-27)18-8-4-10-31-18/h2,4-6,8,10-11,17H,3,7,9,12-14H2,1H3,(H,23,28)/t17-/m0/s1. The first-order valence-corrected chi connectivity index (χ1v) is 11.4. The van der Waals surface area contributed by atoms with Gasteiger partial charge in [0, 0.05) is 12.3 Å². The zero-order valence-electron chi connectivity index (χ0n) is 17.2. The fourth-order valence-electron chi connectivity index (χ4n) is 3.57. The van der Waals surface area contributed by atoms with E-state index >= 15 is 0 Å². The number of nitrogens with zero attached hydrogens (tertiary/aromatic N) is 4. The van der Waals surface area contributed by atoms with Crippen LogP contribution in [0.2, 0.25) is 0 Å². The van der Waals surface area contributed by atoms with E-state index in [1.807, 2.05) is 34.0 Å². The Bertz CT molecular complexity index is 1090. The van der Waals surface area contributed by atoms with Gasteiger partial charge in [0.1, 0.15) is 5.82 Å². The highest BCUT2D eigenvalue weighted by Gasteiger charge is 2.21. The topological polar surface area (TPSA) is 64.3 Å². The van der Waals surface area contributed by atoms with Crippen LogP contribution >= 0.6 is 23.6 Å². The zero-order chi connectivity index (χ0) is 21.8. The summed E-state index contributed by atoms with van der Waals surface area (Å²) in [4.78, 5) is 15.2. The Morgan fingerprint density at radius 2 is 2.29 bits per heavy atom. The molecule has 1 fully saturated rings. The van der Waals surface area contributed by atoms with Gasteiger partial charge in [-0.05, 0) is 61.8 Å². The minimum absolute atomic E-state index is 0.116. The molecule has 10 heteroatoms. The molecule has 0 aliphatic carbocycles. The number of aromatic nitrogens is 3. The van der Waals surface area contributed by atoms with Gasteiger partial charge in [-0.15, -0.1) is 16.4 Å². The number of ether oxygens (including phenoxy) is 1. The van der Waals surface area contributed by atoms with Crippen LogP contribution in [-0.4, -0.2) is 51.5 Å². The summed E-state index contributed by atoms with van der Waals surface area (Å²) in [5.41, 5.74) is 0.427. The lowest BCUT2D eigenvalue weighted by atomic mass is 10.2. The largest absolute Gasteiger partial charge is 0.376 e. The number of halogens is 1. The van der Waals surface area contributed by atoms with E-state index in [4.69, 9.17) is 22.1 Å². The summed E-state index contributed by atoms with van der Waals surface area (Å²) in [6, 6.07) is 9.84. The molecule has 31 heavy (non-hydrogen) atoms. The number of likely N-dealkylation sites (N-methyl/N-ethyl adjacent to an activating group) is 1. The quantitative estimate of drug-likeness (QED) is 0.514. The molecule has 1 aliphatic heterocycles. The molecule has 1 saturated heterocycles. The second-order valence-corrected chi connectivity index (χ2v) is 8.86. The Balaban J connectivity index is 1.47. The number of hydrogen-bond acceptors (Lipinski definition) is 6. The van der Waals surface area contributed by atoms with E-state index in [0.717, 1.165) is 30.2 Å². The van der Waals surface area contributed by atoms with Crippen LogP contribution < -0.4 is 5.32 Å². The maximum absolute atomic E-state index is 13.3. The zero-order valence-corrected chi connectivity index (χ0v) is 18.8. The summed E-state index contributed by atoms with van der Waals surface area (Å²) in [6.45, 7) is 1.91. The van der Waals surface area contributed by atoms with Crippen molar-refractivity contribution >= 4 is 35.1 Å². The number of benzene rings is 1. The van der Waals surface area contributed by atoms with Crippen LogP contribution in [0.1, 0.15) is 12.8 Å². The maximum atomic E-state index is 13.3. The van der Waals surface area contributed by atoms with Crippen LogP contribution in [-0.2, 0) is 22.7 Å². The minimum Gasteiger partial charge on any atom is -0.376 e. The molecule has 1 atom stereocenters. The normalized spacial score (nSPS) is 16.2. The first-order valence-electron chi connectivity index (χ1n) is 10.1. The van der Waals surface area contributed by atoms with E-state index in [2.05, 4.69) is 5.32 Å². The van der Waals surface area contributed by atoms with Crippen molar-refractivity contribution in [2.75, 3.05) is 25.5 Å². The number of carbonyl (C=O) groups is 1. The third-order valence-electron chi connectivity index (χ3n) is 4.97. The molecule has 0 radical (unpaired) electrons. The fourth-order valence-corrected chi connectivity index (χ4v) is 4.55. The number of carbonyl (C=O) groups excluding carboxylic acids is 1. The van der Waals surface area contributed by atoms with Crippen molar-refractivity contribution in [2.24, 2.45) is 0 Å². The molecule has 0 unspecified atom stereocenters. The number of amides is 1. The predicted octanol–water partition coefficient (Wildman–Crippen LogP) is 3.99. The molecule has 3 heterocycles. The van der Waals surface area contributed by atoms with Crippen molar-refractivity contribution < 1.29 is 13.9 Å². The number of hydrogen-bond donors (Lipinski definition) is 1. The van der Waals surface area contributed by atoms with Gasteiger partial charge in [0.05, 0.1) is 30.7 Å². The average molecular weight is 462 g/mol. The molecular formula is C21H24FN5O2S2. The van der Waals surface area contributed by atoms with Gasteiger partial charge in [0.25, 0.3) is 0 Å². The summed E-state index contributed by atoms with van der Waals surface area (Å²) in [5.74, 6) is 0.181. The SMILES string of the molecule is CN(CC(=O)Nc1cccc(F)c1)Cn1nc(-c2cccs2)n(C[C@@H]2CCCO2)c1=S. The number of anilines is 1. The summed E-state index contributed by atoms with van der Waals surface area (Å²) in [7, 11) is 1.82. The molecule has 1 N–H and O–H groups in total. The molecule has 0 bridgehead atoms. The monoisotopic (exact) mass is 461 g/mol. The molecule has 0 spiro atoms. The number of thiophene rings is 1. The van der Waals surface area contributed by atoms with Gasteiger partial charge < -0.3 is 10.1 Å². The summed E-state index contributed by atoms with van der Waals surface area (Å²) >= 11 is 7.33. The van der Waals surface area contributed by atoms with Gasteiger partial charge in [-0.3, -0.25) is 14.3 Å².